The number of nitrogens with zero attached hydrogens (tertiary/aromatic N) is 3. The molecule has 2 aromatic carbocycles. The van der Waals surface area contributed by atoms with Crippen LogP contribution in [-0.4, -0.2) is 68.5 Å². The van der Waals surface area contributed by atoms with Crippen molar-refractivity contribution in [2.45, 2.75) is 31.2 Å². The third-order valence-electron chi connectivity index (χ3n) is 6.69. The van der Waals surface area contributed by atoms with Crippen molar-refractivity contribution in [3.63, 3.8) is 0 Å². The van der Waals surface area contributed by atoms with Crippen LogP contribution in [0, 0.1) is 0 Å². The molecule has 7 nitrogen and oxygen atoms in total. The van der Waals surface area contributed by atoms with Gasteiger partial charge in [0.25, 0.3) is 11.1 Å². The zero-order valence-corrected chi connectivity index (χ0v) is 21.1. The van der Waals surface area contributed by atoms with E-state index in [2.05, 4.69) is 10.2 Å². The lowest BCUT2D eigenvalue weighted by Crippen LogP contribution is -2.54. The van der Waals surface area contributed by atoms with E-state index in [4.69, 9.17) is 11.6 Å². The van der Waals surface area contributed by atoms with Gasteiger partial charge in [0.05, 0.1) is 34.3 Å². The molecule has 0 spiro atoms. The minimum absolute atomic E-state index is 0.0436. The quantitative estimate of drug-likeness (QED) is 0.447. The van der Waals surface area contributed by atoms with E-state index in [9.17, 15) is 27.9 Å². The van der Waals surface area contributed by atoms with E-state index >= 15 is 0 Å². The zero-order valence-electron chi connectivity index (χ0n) is 19.6. The van der Waals surface area contributed by atoms with E-state index in [1.54, 1.807) is 24.4 Å². The van der Waals surface area contributed by atoms with Gasteiger partial charge < -0.3 is 10.0 Å². The highest BCUT2D eigenvalue weighted by atomic mass is 35.5. The van der Waals surface area contributed by atoms with Gasteiger partial charge in [0, 0.05) is 23.5 Å². The molecule has 0 unspecified atom stereocenters. The van der Waals surface area contributed by atoms with Gasteiger partial charge in [0.2, 0.25) is 0 Å². The topological polar surface area (TPSA) is 89.5 Å². The number of aliphatic hydroxyl groups excluding tert-OH is 1. The number of piperidine rings is 1. The molecule has 5 rings (SSSR count). The van der Waals surface area contributed by atoms with Gasteiger partial charge in [-0.3, -0.25) is 19.6 Å². The highest BCUT2D eigenvalue weighted by Gasteiger charge is 2.45. The molecule has 2 aliphatic heterocycles. The number of halogens is 4. The van der Waals surface area contributed by atoms with Gasteiger partial charge in [-0.15, -0.1) is 0 Å². The number of β-amino-alcohol motifs (C(OH)–C–C–N with tert-alkyl or cyclic N) is 1. The third kappa shape index (κ3) is 5.00. The number of carbonyl (C=O) groups excluding carboxylic acids is 2. The number of H-pyrrole nitrogens is 1. The SMILES string of the molecule is CN1CC[C@H](N2C(=O)S/C(=C(/Cc3ccc(Cl)cc3C(F)(F)F)c3ccc4[nH]ncc4c3)C2=O)[C@@H](O)C1. The summed E-state index contributed by atoms with van der Waals surface area (Å²) < 4.78 is 41.7. The number of likely N-dealkylation sites (tertiary alicyclic amines) is 1. The Morgan fingerprint density at radius 2 is 2.03 bits per heavy atom. The fraction of sp³-hybridized carbons (Fsp3) is 0.320. The number of alkyl halides is 3. The van der Waals surface area contributed by atoms with Crippen molar-refractivity contribution in [1.29, 1.82) is 0 Å². The summed E-state index contributed by atoms with van der Waals surface area (Å²) in [4.78, 5) is 29.7. The Balaban J connectivity index is 1.62. The summed E-state index contributed by atoms with van der Waals surface area (Å²) in [5.74, 6) is -0.617. The van der Waals surface area contributed by atoms with E-state index in [0.717, 1.165) is 11.0 Å². The molecular formula is C25H22ClF3N4O3S. The number of benzene rings is 2. The second kappa shape index (κ2) is 9.79. The van der Waals surface area contributed by atoms with Crippen molar-refractivity contribution in [3.05, 3.63) is 69.2 Å². The van der Waals surface area contributed by atoms with Crippen LogP contribution in [0.1, 0.15) is 23.1 Å². The van der Waals surface area contributed by atoms with Crippen LogP contribution in [0.4, 0.5) is 18.0 Å². The molecule has 2 atom stereocenters. The molecule has 0 radical (unpaired) electrons. The van der Waals surface area contributed by atoms with Gasteiger partial charge in [-0.05, 0) is 72.6 Å². The number of allylic oxidation sites excluding steroid dienone is 1. The molecule has 0 bridgehead atoms. The summed E-state index contributed by atoms with van der Waals surface area (Å²) in [6.07, 6.45) is -3.89. The summed E-state index contributed by atoms with van der Waals surface area (Å²) in [6, 6.07) is 7.91. The Morgan fingerprint density at radius 3 is 2.76 bits per heavy atom. The lowest BCUT2D eigenvalue weighted by molar-refractivity contribution is -0.138. The molecule has 2 aliphatic rings. The Hall–Kier alpha value is -2.86. The smallest absolute Gasteiger partial charge is 0.390 e. The first-order valence-electron chi connectivity index (χ1n) is 11.5. The van der Waals surface area contributed by atoms with Crippen LogP contribution >= 0.6 is 23.4 Å². The van der Waals surface area contributed by atoms with Crippen molar-refractivity contribution in [2.24, 2.45) is 0 Å². The molecule has 1 aromatic heterocycles. The Labute approximate surface area is 219 Å². The number of carbonyl (C=O) groups is 2. The fourth-order valence-electron chi connectivity index (χ4n) is 4.83. The monoisotopic (exact) mass is 550 g/mol. The summed E-state index contributed by atoms with van der Waals surface area (Å²) >= 11 is 6.55. The minimum Gasteiger partial charge on any atom is -0.390 e. The number of nitrogens with one attached hydrogen (secondary N) is 1. The molecule has 2 N–H and O–H groups in total. The van der Waals surface area contributed by atoms with Crippen LogP contribution in [0.3, 0.4) is 0 Å². The highest BCUT2D eigenvalue weighted by molar-refractivity contribution is 8.18. The van der Waals surface area contributed by atoms with Crippen LogP contribution in [0.2, 0.25) is 5.02 Å². The standard InChI is InChI=1S/C25H22ClF3N4O3S/c1-32-7-6-20(21(34)12-32)33-23(35)22(37-24(33)36)17(13-3-5-19-15(8-13)11-30-31-19)9-14-2-4-16(26)10-18(14)25(27,28)29/h2-5,8,10-11,20-21,34H,6-7,9,12H2,1H3,(H,30,31)/b22-17-/t20-,21-/m0/s1. The number of rotatable bonds is 4. The molecule has 0 saturated carbocycles. The minimum atomic E-state index is -4.67. The van der Waals surface area contributed by atoms with Crippen molar-refractivity contribution in [2.75, 3.05) is 20.1 Å². The van der Waals surface area contributed by atoms with E-state index in [0.29, 0.717) is 47.7 Å². The predicted molar refractivity (Wildman–Crippen MR) is 135 cm³/mol. The van der Waals surface area contributed by atoms with Gasteiger partial charge >= 0.3 is 6.18 Å². The van der Waals surface area contributed by atoms with Crippen molar-refractivity contribution < 1.29 is 27.9 Å². The van der Waals surface area contributed by atoms with Crippen molar-refractivity contribution >= 4 is 51.0 Å². The number of aliphatic hydroxyl groups is 1. The number of hydrogen-bond donors (Lipinski definition) is 2. The van der Waals surface area contributed by atoms with Gasteiger partial charge in [-0.1, -0.05) is 23.7 Å². The number of amides is 2. The highest BCUT2D eigenvalue weighted by Crippen LogP contribution is 2.42. The maximum atomic E-state index is 13.9. The number of hydrogen-bond acceptors (Lipinski definition) is 6. The van der Waals surface area contributed by atoms with Crippen LogP contribution in [0.5, 0.6) is 0 Å². The number of aromatic amines is 1. The third-order valence-corrected chi connectivity index (χ3v) is 7.92. The number of thioether (sulfide) groups is 1. The average Bonchev–Trinajstić information content (AvgIpc) is 3.41. The first kappa shape index (κ1) is 25.8. The zero-order chi connectivity index (χ0) is 26.5. The largest absolute Gasteiger partial charge is 0.416 e. The van der Waals surface area contributed by atoms with Crippen molar-refractivity contribution in [3.8, 4) is 0 Å². The van der Waals surface area contributed by atoms with Crippen molar-refractivity contribution in [1.82, 2.24) is 20.0 Å². The first-order chi connectivity index (χ1) is 17.5. The summed E-state index contributed by atoms with van der Waals surface area (Å²) in [5.41, 5.74) is 0.501. The Bertz CT molecular complexity index is 1420. The van der Waals surface area contributed by atoms with Crippen LogP contribution < -0.4 is 0 Å². The van der Waals surface area contributed by atoms with Gasteiger partial charge in [0.15, 0.2) is 0 Å². The second-order valence-corrected chi connectivity index (χ2v) is 10.6. The molecular weight excluding hydrogens is 529 g/mol. The summed E-state index contributed by atoms with van der Waals surface area (Å²) in [5, 5.41) is 17.5. The normalized spacial score (nSPS) is 22.8. The van der Waals surface area contributed by atoms with E-state index in [1.807, 2.05) is 11.9 Å². The molecule has 194 valence electrons. The number of fused-ring (bicyclic) bond motifs is 1. The molecule has 3 aromatic rings. The second-order valence-electron chi connectivity index (χ2n) is 9.18. The fourth-order valence-corrected chi connectivity index (χ4v) is 5.99. The van der Waals surface area contributed by atoms with Gasteiger partial charge in [0.1, 0.15) is 0 Å². The Kier molecular flexibility index (Phi) is 6.82. The molecule has 2 saturated heterocycles. The Morgan fingerprint density at radius 1 is 1.24 bits per heavy atom. The van der Waals surface area contributed by atoms with Crippen LogP contribution in [0.25, 0.3) is 16.5 Å². The summed E-state index contributed by atoms with van der Waals surface area (Å²) in [6.45, 7) is 0.890. The van der Waals surface area contributed by atoms with E-state index in [1.165, 1.54) is 12.1 Å². The molecule has 0 aliphatic carbocycles. The lowest BCUT2D eigenvalue weighted by Gasteiger charge is -2.37. The molecule has 2 fully saturated rings. The maximum absolute atomic E-state index is 13.9. The van der Waals surface area contributed by atoms with Gasteiger partial charge in [-0.2, -0.15) is 18.3 Å². The first-order valence-corrected chi connectivity index (χ1v) is 12.7. The molecule has 12 heteroatoms. The molecule has 37 heavy (non-hydrogen) atoms. The number of likely N-dealkylation sites (N-methyl/N-ethyl adjacent to an activating group) is 1. The van der Waals surface area contributed by atoms with Crippen LogP contribution in [-0.2, 0) is 17.4 Å². The predicted octanol–water partition coefficient (Wildman–Crippen LogP) is 4.95. The maximum Gasteiger partial charge on any atom is 0.416 e. The van der Waals surface area contributed by atoms with E-state index in [-0.39, 0.29) is 27.5 Å². The molecule has 2 amide bonds. The summed E-state index contributed by atoms with van der Waals surface area (Å²) in [7, 11) is 1.83. The average molecular weight is 551 g/mol. The lowest BCUT2D eigenvalue weighted by atomic mass is 9.93. The molecule has 3 heterocycles. The number of imide groups is 1. The van der Waals surface area contributed by atoms with E-state index < -0.39 is 35.0 Å². The van der Waals surface area contributed by atoms with Crippen LogP contribution in [0.15, 0.2) is 47.5 Å². The number of aromatic nitrogens is 2. The van der Waals surface area contributed by atoms with Gasteiger partial charge in [-0.25, -0.2) is 0 Å².